The normalized spacial score (nSPS) is 49.9. The van der Waals surface area contributed by atoms with Crippen molar-refractivity contribution in [1.82, 2.24) is 4.90 Å². The molecule has 0 radical (unpaired) electrons. The van der Waals surface area contributed by atoms with Crippen LogP contribution in [0.15, 0.2) is 5.16 Å². The number of hydrogen-bond acceptors (Lipinski definition) is 3. The van der Waals surface area contributed by atoms with Crippen molar-refractivity contribution in [3.63, 3.8) is 0 Å². The summed E-state index contributed by atoms with van der Waals surface area (Å²) in [7, 11) is 0. The van der Waals surface area contributed by atoms with Crippen LogP contribution >= 0.6 is 15.9 Å². The molecule has 3 rings (SSSR count). The molecule has 66 valence electrons. The van der Waals surface area contributed by atoms with Gasteiger partial charge in [-0.2, -0.15) is 0 Å². The minimum atomic E-state index is 0.0527. The van der Waals surface area contributed by atoms with Gasteiger partial charge in [0.05, 0.1) is 0 Å². The van der Waals surface area contributed by atoms with Crippen LogP contribution in [0.25, 0.3) is 0 Å². The van der Waals surface area contributed by atoms with E-state index in [-0.39, 0.29) is 5.60 Å². The molecule has 0 amide bonds. The number of halogens is 1. The molecule has 1 spiro atoms. The van der Waals surface area contributed by atoms with Gasteiger partial charge in [-0.3, -0.25) is 4.90 Å². The van der Waals surface area contributed by atoms with Crippen molar-refractivity contribution >= 4 is 20.6 Å². The molecule has 0 aromatic carbocycles. The number of hydrogen-bond donors (Lipinski definition) is 0. The predicted octanol–water partition coefficient (Wildman–Crippen LogP) is 1.19. The standard InChI is InChI=1S/C8H11BrN2O/c9-7-3-8(12-10-7)5-11-2-1-6(8)4-11/h6H,1-5H2/t6-,8?/m0/s1. The van der Waals surface area contributed by atoms with E-state index in [2.05, 4.69) is 26.0 Å². The molecule has 12 heavy (non-hydrogen) atoms. The zero-order chi connectivity index (χ0) is 8.18. The fraction of sp³-hybridized carbons (Fsp3) is 0.875. The predicted molar refractivity (Wildman–Crippen MR) is 49.3 cm³/mol. The average molecular weight is 231 g/mol. The maximum Gasteiger partial charge on any atom is 0.160 e. The summed E-state index contributed by atoms with van der Waals surface area (Å²) in [4.78, 5) is 8.02. The van der Waals surface area contributed by atoms with Gasteiger partial charge in [-0.05, 0) is 28.9 Å². The molecule has 4 heteroatoms. The second kappa shape index (κ2) is 2.23. The van der Waals surface area contributed by atoms with Crippen molar-refractivity contribution in [2.24, 2.45) is 11.1 Å². The van der Waals surface area contributed by atoms with Crippen LogP contribution in [-0.4, -0.2) is 34.8 Å². The largest absolute Gasteiger partial charge is 0.386 e. The average Bonchev–Trinajstić information content (AvgIpc) is 2.67. The number of nitrogens with zero attached hydrogens (tertiary/aromatic N) is 2. The van der Waals surface area contributed by atoms with Crippen molar-refractivity contribution in [2.45, 2.75) is 18.4 Å². The molecule has 0 aliphatic carbocycles. The third kappa shape index (κ3) is 0.823. The van der Waals surface area contributed by atoms with E-state index < -0.39 is 0 Å². The topological polar surface area (TPSA) is 24.8 Å². The van der Waals surface area contributed by atoms with Crippen LogP contribution in [0.3, 0.4) is 0 Å². The lowest BCUT2D eigenvalue weighted by Gasteiger charge is -2.30. The van der Waals surface area contributed by atoms with Crippen molar-refractivity contribution in [2.75, 3.05) is 19.6 Å². The second-order valence-corrected chi connectivity index (χ2v) is 4.94. The van der Waals surface area contributed by atoms with Gasteiger partial charge in [-0.1, -0.05) is 5.16 Å². The zero-order valence-corrected chi connectivity index (χ0v) is 8.38. The molecule has 0 aromatic heterocycles. The summed E-state index contributed by atoms with van der Waals surface area (Å²) in [5.41, 5.74) is 0.0527. The molecule has 0 aromatic rings. The summed E-state index contributed by atoms with van der Waals surface area (Å²) in [5, 5.41) is 4.00. The highest BCUT2D eigenvalue weighted by Crippen LogP contribution is 2.44. The lowest BCUT2D eigenvalue weighted by atomic mass is 9.86. The Bertz CT molecular complexity index is 255. The fourth-order valence-corrected chi connectivity index (χ4v) is 3.22. The van der Waals surface area contributed by atoms with E-state index in [0.29, 0.717) is 0 Å². The Morgan fingerprint density at radius 2 is 2.58 bits per heavy atom. The summed E-state index contributed by atoms with van der Waals surface area (Å²) < 4.78 is 0.983. The Labute approximate surface area is 79.9 Å². The molecule has 3 atom stereocenters. The number of rotatable bonds is 0. The molecular weight excluding hydrogens is 220 g/mol. The van der Waals surface area contributed by atoms with Crippen LogP contribution in [-0.2, 0) is 4.84 Å². The zero-order valence-electron chi connectivity index (χ0n) is 6.79. The van der Waals surface area contributed by atoms with Crippen LogP contribution < -0.4 is 0 Å². The highest BCUT2D eigenvalue weighted by Gasteiger charge is 2.55. The van der Waals surface area contributed by atoms with Crippen LogP contribution in [0.5, 0.6) is 0 Å². The first kappa shape index (κ1) is 7.33. The van der Waals surface area contributed by atoms with Gasteiger partial charge in [0.15, 0.2) is 5.60 Å². The molecular formula is C8H11BrN2O. The van der Waals surface area contributed by atoms with Crippen molar-refractivity contribution in [3.8, 4) is 0 Å². The molecule has 2 saturated heterocycles. The molecule has 3 aliphatic rings. The third-order valence-electron chi connectivity index (χ3n) is 3.28. The SMILES string of the molecule is BrC1=NOC2(C1)CN1CC[C@H]2C1. The molecule has 0 N–H and O–H groups in total. The summed E-state index contributed by atoms with van der Waals surface area (Å²) >= 11 is 3.40. The summed E-state index contributed by atoms with van der Waals surface area (Å²) in [5.74, 6) is 0.719. The van der Waals surface area contributed by atoms with E-state index in [1.807, 2.05) is 0 Å². The second-order valence-electron chi connectivity index (χ2n) is 4.02. The summed E-state index contributed by atoms with van der Waals surface area (Å²) in [6.45, 7) is 3.56. The summed E-state index contributed by atoms with van der Waals surface area (Å²) in [6.07, 6.45) is 2.27. The fourth-order valence-electron chi connectivity index (χ4n) is 2.67. The van der Waals surface area contributed by atoms with Crippen molar-refractivity contribution in [1.29, 1.82) is 0 Å². The molecule has 2 unspecified atom stereocenters. The highest BCUT2D eigenvalue weighted by molar-refractivity contribution is 9.18. The van der Waals surface area contributed by atoms with E-state index in [1.165, 1.54) is 19.5 Å². The number of oxime groups is 1. The van der Waals surface area contributed by atoms with E-state index in [9.17, 15) is 0 Å². The minimum absolute atomic E-state index is 0.0527. The van der Waals surface area contributed by atoms with Gasteiger partial charge in [-0.25, -0.2) is 0 Å². The maximum atomic E-state index is 5.55. The van der Waals surface area contributed by atoms with Gasteiger partial charge < -0.3 is 4.84 Å². The Balaban J connectivity index is 1.86. The molecule has 3 nitrogen and oxygen atoms in total. The molecule has 2 fully saturated rings. The first-order valence-corrected chi connectivity index (χ1v) is 5.21. The van der Waals surface area contributed by atoms with Crippen molar-refractivity contribution < 1.29 is 4.84 Å². The van der Waals surface area contributed by atoms with Crippen LogP contribution in [0, 0.1) is 5.92 Å². The highest BCUT2D eigenvalue weighted by atomic mass is 79.9. The lowest BCUT2D eigenvalue weighted by Crippen LogP contribution is -2.42. The molecule has 3 aliphatic heterocycles. The van der Waals surface area contributed by atoms with E-state index in [0.717, 1.165) is 23.5 Å². The minimum Gasteiger partial charge on any atom is -0.386 e. The Morgan fingerprint density at radius 3 is 3.08 bits per heavy atom. The van der Waals surface area contributed by atoms with Gasteiger partial charge >= 0.3 is 0 Å². The molecule has 3 heterocycles. The first-order chi connectivity index (χ1) is 5.78. The summed E-state index contributed by atoms with van der Waals surface area (Å²) in [6, 6.07) is 0. The molecule has 2 bridgehead atoms. The van der Waals surface area contributed by atoms with E-state index in [1.54, 1.807) is 0 Å². The van der Waals surface area contributed by atoms with Gasteiger partial charge in [0.2, 0.25) is 0 Å². The molecule has 0 saturated carbocycles. The first-order valence-electron chi connectivity index (χ1n) is 4.41. The third-order valence-corrected chi connectivity index (χ3v) is 3.70. The number of fused-ring (bicyclic) bond motifs is 3. The van der Waals surface area contributed by atoms with Gasteiger partial charge in [-0.15, -0.1) is 0 Å². The Hall–Kier alpha value is -0.0900. The number of piperidine rings is 1. The smallest absolute Gasteiger partial charge is 0.160 e. The Kier molecular flexibility index (Phi) is 1.36. The van der Waals surface area contributed by atoms with Crippen LogP contribution in [0.4, 0.5) is 0 Å². The van der Waals surface area contributed by atoms with Crippen LogP contribution in [0.2, 0.25) is 0 Å². The van der Waals surface area contributed by atoms with E-state index >= 15 is 0 Å². The Morgan fingerprint density at radius 1 is 1.67 bits per heavy atom. The van der Waals surface area contributed by atoms with Crippen LogP contribution in [0.1, 0.15) is 12.8 Å². The van der Waals surface area contributed by atoms with Crippen molar-refractivity contribution in [3.05, 3.63) is 0 Å². The van der Waals surface area contributed by atoms with E-state index in [4.69, 9.17) is 4.84 Å². The van der Waals surface area contributed by atoms with Gasteiger partial charge in [0.1, 0.15) is 4.62 Å². The quantitative estimate of drug-likeness (QED) is 0.625. The maximum absolute atomic E-state index is 5.55. The lowest BCUT2D eigenvalue weighted by molar-refractivity contribution is -0.0517. The van der Waals surface area contributed by atoms with Gasteiger partial charge in [0.25, 0.3) is 0 Å². The van der Waals surface area contributed by atoms with Gasteiger partial charge in [0, 0.05) is 25.4 Å². The monoisotopic (exact) mass is 230 g/mol.